The first-order valence-corrected chi connectivity index (χ1v) is 11.2. The van der Waals surface area contributed by atoms with E-state index in [9.17, 15) is 18.0 Å². The summed E-state index contributed by atoms with van der Waals surface area (Å²) in [6.07, 6.45) is 0. The monoisotopic (exact) mass is 446 g/mol. The summed E-state index contributed by atoms with van der Waals surface area (Å²) >= 11 is 7.02. The number of thiophene rings is 1. The van der Waals surface area contributed by atoms with Crippen molar-refractivity contribution in [3.63, 3.8) is 0 Å². The summed E-state index contributed by atoms with van der Waals surface area (Å²) in [7, 11) is -4.11. The number of rotatable bonds is 4. The van der Waals surface area contributed by atoms with Gasteiger partial charge in [-0.25, -0.2) is 13.2 Å². The molecule has 0 atom stereocenters. The summed E-state index contributed by atoms with van der Waals surface area (Å²) < 4.78 is 27.6. The van der Waals surface area contributed by atoms with E-state index in [-0.39, 0.29) is 28.6 Å². The molecule has 1 aliphatic heterocycles. The van der Waals surface area contributed by atoms with Crippen LogP contribution < -0.4 is 9.21 Å². The molecule has 0 N–H and O–H groups in total. The topological polar surface area (TPSA) is 74.8 Å². The number of sulfonamides is 1. The standard InChI is InChI=1S/C20H15ClN2O4S2/c1-13-6-8-14(9-7-13)23-20(25)22(12-16(24)17-10-11-19(21)28-17)15-4-2-3-5-18(15)29(23,26)27/h2-11H,12H2,1H3. The van der Waals surface area contributed by atoms with Gasteiger partial charge in [0.05, 0.1) is 27.1 Å². The van der Waals surface area contributed by atoms with Crippen LogP contribution in [-0.4, -0.2) is 26.8 Å². The SMILES string of the molecule is Cc1ccc(N2C(=O)N(CC(=O)c3ccc(Cl)s3)c3ccccc3S2(=O)=O)cc1. The molecule has 9 heteroatoms. The Morgan fingerprint density at radius 2 is 1.72 bits per heavy atom. The van der Waals surface area contributed by atoms with Crippen LogP contribution in [0.3, 0.4) is 0 Å². The molecule has 0 saturated heterocycles. The zero-order valence-electron chi connectivity index (χ0n) is 15.2. The van der Waals surface area contributed by atoms with Crippen molar-refractivity contribution in [3.8, 4) is 0 Å². The van der Waals surface area contributed by atoms with Crippen molar-refractivity contribution in [3.05, 3.63) is 75.4 Å². The van der Waals surface area contributed by atoms with Gasteiger partial charge in [-0.2, -0.15) is 4.31 Å². The molecule has 2 heterocycles. The Bertz CT molecular complexity index is 1220. The minimum Gasteiger partial charge on any atom is -0.291 e. The molecule has 1 aliphatic rings. The van der Waals surface area contributed by atoms with Crippen molar-refractivity contribution in [1.29, 1.82) is 0 Å². The van der Waals surface area contributed by atoms with E-state index in [1.807, 2.05) is 6.92 Å². The number of carbonyl (C=O) groups is 2. The number of aryl methyl sites for hydroxylation is 1. The van der Waals surface area contributed by atoms with E-state index in [1.54, 1.807) is 48.5 Å². The molecule has 3 aromatic rings. The maximum Gasteiger partial charge on any atom is 0.343 e. The van der Waals surface area contributed by atoms with Crippen molar-refractivity contribution in [2.45, 2.75) is 11.8 Å². The van der Waals surface area contributed by atoms with Gasteiger partial charge in [0.2, 0.25) is 0 Å². The number of para-hydroxylation sites is 1. The highest BCUT2D eigenvalue weighted by Crippen LogP contribution is 2.37. The van der Waals surface area contributed by atoms with Gasteiger partial charge in [-0.3, -0.25) is 9.69 Å². The van der Waals surface area contributed by atoms with Crippen LogP contribution in [0.25, 0.3) is 0 Å². The van der Waals surface area contributed by atoms with Crippen molar-refractivity contribution in [2.24, 2.45) is 0 Å². The van der Waals surface area contributed by atoms with E-state index in [0.717, 1.165) is 21.2 Å². The average molecular weight is 447 g/mol. The highest BCUT2D eigenvalue weighted by Gasteiger charge is 2.43. The fourth-order valence-electron chi connectivity index (χ4n) is 3.08. The quantitative estimate of drug-likeness (QED) is 0.543. The van der Waals surface area contributed by atoms with Crippen LogP contribution in [0.5, 0.6) is 0 Å². The average Bonchev–Trinajstić information content (AvgIpc) is 3.13. The number of benzene rings is 2. The summed E-state index contributed by atoms with van der Waals surface area (Å²) in [5.41, 5.74) is 1.32. The number of halogens is 1. The normalized spacial score (nSPS) is 15.3. The lowest BCUT2D eigenvalue weighted by molar-refractivity contribution is 0.100. The maximum atomic E-state index is 13.3. The Kier molecular flexibility index (Phi) is 4.94. The van der Waals surface area contributed by atoms with Crippen LogP contribution in [0.2, 0.25) is 4.34 Å². The van der Waals surface area contributed by atoms with Crippen LogP contribution in [0.1, 0.15) is 15.2 Å². The number of fused-ring (bicyclic) bond motifs is 1. The number of anilines is 2. The van der Waals surface area contributed by atoms with E-state index < -0.39 is 16.1 Å². The first-order valence-electron chi connectivity index (χ1n) is 8.60. The fourth-order valence-corrected chi connectivity index (χ4v) is 5.65. The molecule has 0 bridgehead atoms. The summed E-state index contributed by atoms with van der Waals surface area (Å²) in [5.74, 6) is -0.326. The number of Topliss-reactive ketones (excluding diaryl/α,β-unsaturated/α-hetero) is 1. The Labute approximate surface area is 177 Å². The molecular weight excluding hydrogens is 432 g/mol. The number of ketones is 1. The molecule has 0 unspecified atom stereocenters. The molecule has 1 aromatic heterocycles. The Morgan fingerprint density at radius 3 is 2.38 bits per heavy atom. The third-order valence-electron chi connectivity index (χ3n) is 4.50. The number of urea groups is 1. The van der Waals surface area contributed by atoms with Crippen LogP contribution in [0.15, 0.2) is 65.6 Å². The van der Waals surface area contributed by atoms with Crippen molar-refractivity contribution >= 4 is 56.2 Å². The summed E-state index contributed by atoms with van der Waals surface area (Å²) in [4.78, 5) is 27.5. The van der Waals surface area contributed by atoms with Crippen molar-refractivity contribution < 1.29 is 18.0 Å². The Hall–Kier alpha value is -2.68. The molecule has 0 aliphatic carbocycles. The lowest BCUT2D eigenvalue weighted by atomic mass is 10.2. The van der Waals surface area contributed by atoms with Gasteiger partial charge in [-0.1, -0.05) is 41.4 Å². The predicted octanol–water partition coefficient (Wildman–Crippen LogP) is 4.73. The van der Waals surface area contributed by atoms with E-state index >= 15 is 0 Å². The lowest BCUT2D eigenvalue weighted by Gasteiger charge is -2.35. The second-order valence-corrected chi connectivity index (χ2v) is 9.94. The first-order chi connectivity index (χ1) is 13.8. The molecule has 6 nitrogen and oxygen atoms in total. The minimum atomic E-state index is -4.11. The number of hydrogen-bond donors (Lipinski definition) is 0. The van der Waals surface area contributed by atoms with Crippen molar-refractivity contribution in [1.82, 2.24) is 0 Å². The number of carbonyl (C=O) groups excluding carboxylic acids is 2. The summed E-state index contributed by atoms with van der Waals surface area (Å²) in [6.45, 7) is 1.56. The minimum absolute atomic E-state index is 0.0304. The van der Waals surface area contributed by atoms with Crippen LogP contribution in [0.4, 0.5) is 16.2 Å². The molecule has 0 saturated carbocycles. The third-order valence-corrected chi connectivity index (χ3v) is 7.52. The molecule has 29 heavy (non-hydrogen) atoms. The third kappa shape index (κ3) is 3.43. The summed E-state index contributed by atoms with van der Waals surface area (Å²) in [6, 6.07) is 15.1. The number of nitrogens with zero attached hydrogens (tertiary/aromatic N) is 2. The van der Waals surface area contributed by atoms with Gasteiger partial charge in [-0.05, 0) is 43.3 Å². The Morgan fingerprint density at radius 1 is 1.03 bits per heavy atom. The molecule has 2 aromatic carbocycles. The van der Waals surface area contributed by atoms with Gasteiger partial charge < -0.3 is 0 Å². The molecule has 0 spiro atoms. The van der Waals surface area contributed by atoms with Crippen molar-refractivity contribution in [2.75, 3.05) is 15.7 Å². The largest absolute Gasteiger partial charge is 0.343 e. The first kappa shape index (κ1) is 19.6. The second kappa shape index (κ2) is 7.29. The highest BCUT2D eigenvalue weighted by atomic mass is 35.5. The fraction of sp³-hybridized carbons (Fsp3) is 0.100. The van der Waals surface area contributed by atoms with Gasteiger partial charge >= 0.3 is 6.03 Å². The van der Waals surface area contributed by atoms with E-state index in [1.165, 1.54) is 17.0 Å². The highest BCUT2D eigenvalue weighted by molar-refractivity contribution is 7.94. The number of amides is 2. The molecule has 0 radical (unpaired) electrons. The van der Waals surface area contributed by atoms with Gasteiger partial charge in [-0.15, -0.1) is 11.3 Å². The lowest BCUT2D eigenvalue weighted by Crippen LogP contribution is -2.52. The van der Waals surface area contributed by atoms with E-state index in [4.69, 9.17) is 11.6 Å². The zero-order valence-corrected chi connectivity index (χ0v) is 17.6. The smallest absolute Gasteiger partial charge is 0.291 e. The molecule has 148 valence electrons. The number of hydrogen-bond acceptors (Lipinski definition) is 5. The predicted molar refractivity (Wildman–Crippen MR) is 114 cm³/mol. The summed E-state index contributed by atoms with van der Waals surface area (Å²) in [5, 5.41) is 0. The molecule has 0 fully saturated rings. The Balaban J connectivity index is 1.81. The van der Waals surface area contributed by atoms with E-state index in [0.29, 0.717) is 9.21 Å². The van der Waals surface area contributed by atoms with Crippen LogP contribution >= 0.6 is 22.9 Å². The van der Waals surface area contributed by atoms with Crippen LogP contribution in [0, 0.1) is 6.92 Å². The molecule has 2 amide bonds. The molecular formula is C20H15ClN2O4S2. The van der Waals surface area contributed by atoms with E-state index in [2.05, 4.69) is 0 Å². The zero-order chi connectivity index (χ0) is 20.8. The van der Waals surface area contributed by atoms with Gasteiger partial charge in [0.25, 0.3) is 10.0 Å². The van der Waals surface area contributed by atoms with Gasteiger partial charge in [0.15, 0.2) is 5.78 Å². The van der Waals surface area contributed by atoms with Gasteiger partial charge in [0.1, 0.15) is 4.90 Å². The maximum absolute atomic E-state index is 13.3. The van der Waals surface area contributed by atoms with Gasteiger partial charge in [0, 0.05) is 0 Å². The molecule has 4 rings (SSSR count). The second-order valence-electron chi connectivity index (χ2n) is 6.47. The van der Waals surface area contributed by atoms with Crippen LogP contribution in [-0.2, 0) is 10.0 Å².